The molecule has 0 bridgehead atoms. The molecule has 2 aromatic rings. The Balaban J connectivity index is 0.000000247. The lowest BCUT2D eigenvalue weighted by Crippen LogP contribution is -2.18. The first kappa shape index (κ1) is 28.7. The number of aromatic nitrogens is 1. The maximum absolute atomic E-state index is 13.0. The number of pyridine rings is 1. The predicted octanol–water partition coefficient (Wildman–Crippen LogP) is 5.93. The second kappa shape index (κ2) is 13.6. The number of carboxylic acid groups (broad SMARTS) is 1. The van der Waals surface area contributed by atoms with Crippen LogP contribution in [0.4, 0.5) is 13.2 Å². The van der Waals surface area contributed by atoms with Gasteiger partial charge in [-0.05, 0) is 48.9 Å². The molecule has 0 spiro atoms. The molecule has 1 aromatic heterocycles. The van der Waals surface area contributed by atoms with Gasteiger partial charge in [-0.15, -0.1) is 0 Å². The van der Waals surface area contributed by atoms with Crippen molar-refractivity contribution >= 4 is 23.3 Å². The average Bonchev–Trinajstić information content (AvgIpc) is 2.82. The van der Waals surface area contributed by atoms with Gasteiger partial charge in [0.1, 0.15) is 5.15 Å². The standard InChI is InChI=1S/C14H17F3O.C11H14ClN3O2/c15-14(16,17)13-8-10(9-18)6-7-12(13)11-4-2-1-3-5-11;1-7(13)9-3-2-8(11(12)15-9)6-14-5-4-10(16)17/h6-8,11,18H,1-5,9H2;2-3,13-14H,4-6H2,1H3,(H,16,17). The fraction of sp³-hybridized carbons (Fsp3) is 0.480. The lowest BCUT2D eigenvalue weighted by Gasteiger charge is -2.25. The highest BCUT2D eigenvalue weighted by atomic mass is 35.5. The van der Waals surface area contributed by atoms with Crippen molar-refractivity contribution in [3.05, 3.63) is 63.4 Å². The van der Waals surface area contributed by atoms with Crippen LogP contribution in [0.1, 0.15) is 79.3 Å². The first-order chi connectivity index (χ1) is 16.5. The van der Waals surface area contributed by atoms with Gasteiger partial charge in [0.15, 0.2) is 0 Å². The minimum Gasteiger partial charge on any atom is -0.481 e. The number of nitrogens with one attached hydrogen (secondary N) is 2. The molecule has 1 saturated carbocycles. The Hall–Kier alpha value is -2.49. The van der Waals surface area contributed by atoms with Gasteiger partial charge in [-0.2, -0.15) is 13.2 Å². The third-order valence-electron chi connectivity index (χ3n) is 5.79. The normalized spacial score (nSPS) is 14.2. The minimum absolute atomic E-state index is 0.0168. The molecular weight excluding hydrogens is 483 g/mol. The Morgan fingerprint density at radius 3 is 2.43 bits per heavy atom. The molecule has 4 N–H and O–H groups in total. The maximum Gasteiger partial charge on any atom is 0.416 e. The van der Waals surface area contributed by atoms with Gasteiger partial charge < -0.3 is 20.9 Å². The van der Waals surface area contributed by atoms with Crippen molar-refractivity contribution in [2.24, 2.45) is 0 Å². The molecule has 10 heteroatoms. The molecule has 0 radical (unpaired) electrons. The number of benzene rings is 1. The second-order valence-electron chi connectivity index (χ2n) is 8.50. The van der Waals surface area contributed by atoms with Crippen LogP contribution in [-0.2, 0) is 24.1 Å². The van der Waals surface area contributed by atoms with Crippen LogP contribution in [0.5, 0.6) is 0 Å². The van der Waals surface area contributed by atoms with Crippen molar-refractivity contribution < 1.29 is 28.2 Å². The zero-order chi connectivity index (χ0) is 26.0. The van der Waals surface area contributed by atoms with Gasteiger partial charge in [-0.1, -0.05) is 49.1 Å². The Morgan fingerprint density at radius 2 is 1.89 bits per heavy atom. The predicted molar refractivity (Wildman–Crippen MR) is 129 cm³/mol. The lowest BCUT2D eigenvalue weighted by atomic mass is 9.81. The lowest BCUT2D eigenvalue weighted by molar-refractivity contribution is -0.139. The van der Waals surface area contributed by atoms with Gasteiger partial charge in [0.05, 0.1) is 30.0 Å². The van der Waals surface area contributed by atoms with Crippen molar-refractivity contribution in [2.45, 2.75) is 70.7 Å². The summed E-state index contributed by atoms with van der Waals surface area (Å²) in [4.78, 5) is 14.4. The van der Waals surface area contributed by atoms with E-state index in [9.17, 15) is 18.0 Å². The van der Waals surface area contributed by atoms with Gasteiger partial charge in [0.25, 0.3) is 0 Å². The fourth-order valence-corrected chi connectivity index (χ4v) is 4.16. The summed E-state index contributed by atoms with van der Waals surface area (Å²) in [6.07, 6.45) is 0.532. The Bertz CT molecular complexity index is 1010. The van der Waals surface area contributed by atoms with Crippen LogP contribution >= 0.6 is 11.6 Å². The third-order valence-corrected chi connectivity index (χ3v) is 6.12. The van der Waals surface area contributed by atoms with Crippen molar-refractivity contribution in [3.8, 4) is 0 Å². The molecule has 0 amide bonds. The van der Waals surface area contributed by atoms with Crippen LogP contribution in [0, 0.1) is 5.41 Å². The SMILES string of the molecule is CC(=N)c1ccc(CNCCC(=O)O)c(Cl)n1.OCc1ccc(C2CCCCC2)c(C(F)(F)F)c1. The monoisotopic (exact) mass is 513 g/mol. The zero-order valence-electron chi connectivity index (χ0n) is 19.6. The van der Waals surface area contributed by atoms with Crippen LogP contribution in [0.3, 0.4) is 0 Å². The molecule has 6 nitrogen and oxygen atoms in total. The van der Waals surface area contributed by atoms with Crippen LogP contribution in [0.15, 0.2) is 30.3 Å². The van der Waals surface area contributed by atoms with E-state index in [1.807, 2.05) is 0 Å². The Kier molecular flexibility index (Phi) is 11.1. The molecule has 1 heterocycles. The second-order valence-corrected chi connectivity index (χ2v) is 8.86. The average molecular weight is 514 g/mol. The number of aliphatic hydroxyl groups excluding tert-OH is 1. The first-order valence-electron chi connectivity index (χ1n) is 11.5. The highest BCUT2D eigenvalue weighted by Gasteiger charge is 2.35. The molecule has 35 heavy (non-hydrogen) atoms. The number of carboxylic acids is 1. The van der Waals surface area contributed by atoms with E-state index in [4.69, 9.17) is 27.2 Å². The highest BCUT2D eigenvalue weighted by molar-refractivity contribution is 6.30. The molecule has 0 aliphatic heterocycles. The van der Waals surface area contributed by atoms with Crippen molar-refractivity contribution in [3.63, 3.8) is 0 Å². The van der Waals surface area contributed by atoms with E-state index >= 15 is 0 Å². The van der Waals surface area contributed by atoms with Crippen LogP contribution in [0.25, 0.3) is 0 Å². The van der Waals surface area contributed by atoms with E-state index in [0.717, 1.165) is 43.7 Å². The molecule has 1 aromatic carbocycles. The van der Waals surface area contributed by atoms with Gasteiger partial charge in [0.2, 0.25) is 0 Å². The van der Waals surface area contributed by atoms with Crippen LogP contribution in [-0.4, -0.2) is 33.4 Å². The number of carbonyl (C=O) groups is 1. The number of hydrogen-bond acceptors (Lipinski definition) is 5. The summed E-state index contributed by atoms with van der Waals surface area (Å²) < 4.78 is 39.1. The van der Waals surface area contributed by atoms with Crippen molar-refractivity contribution in [1.82, 2.24) is 10.3 Å². The zero-order valence-corrected chi connectivity index (χ0v) is 20.3. The first-order valence-corrected chi connectivity index (χ1v) is 11.8. The number of nitrogens with zero attached hydrogens (tertiary/aromatic N) is 1. The molecule has 0 saturated heterocycles. The van der Waals surface area contributed by atoms with E-state index in [0.29, 0.717) is 40.8 Å². The van der Waals surface area contributed by atoms with E-state index in [2.05, 4.69) is 10.3 Å². The number of aliphatic hydroxyl groups is 1. The quantitative estimate of drug-likeness (QED) is 0.199. The third kappa shape index (κ3) is 9.23. The summed E-state index contributed by atoms with van der Waals surface area (Å²) in [7, 11) is 0. The molecule has 1 aliphatic rings. The maximum atomic E-state index is 13.0. The van der Waals surface area contributed by atoms with Gasteiger partial charge in [-0.25, -0.2) is 4.98 Å². The summed E-state index contributed by atoms with van der Waals surface area (Å²) in [6, 6.07) is 7.74. The Morgan fingerprint density at radius 1 is 1.20 bits per heavy atom. The largest absolute Gasteiger partial charge is 0.481 e. The van der Waals surface area contributed by atoms with E-state index in [1.165, 1.54) is 0 Å². The molecule has 1 aliphatic carbocycles. The number of aliphatic carboxylic acids is 1. The summed E-state index contributed by atoms with van der Waals surface area (Å²) in [5, 5.41) is 28.1. The smallest absolute Gasteiger partial charge is 0.416 e. The van der Waals surface area contributed by atoms with E-state index in [1.54, 1.807) is 31.2 Å². The van der Waals surface area contributed by atoms with Gasteiger partial charge in [-0.3, -0.25) is 4.79 Å². The van der Waals surface area contributed by atoms with Crippen molar-refractivity contribution in [2.75, 3.05) is 6.54 Å². The summed E-state index contributed by atoms with van der Waals surface area (Å²) in [5.74, 6) is -0.820. The topological polar surface area (TPSA) is 106 Å². The number of hydrogen-bond donors (Lipinski definition) is 4. The fourth-order valence-electron chi connectivity index (χ4n) is 3.94. The van der Waals surface area contributed by atoms with Crippen LogP contribution in [0.2, 0.25) is 5.15 Å². The van der Waals surface area contributed by atoms with Crippen LogP contribution < -0.4 is 5.32 Å². The molecule has 3 rings (SSSR count). The van der Waals surface area contributed by atoms with Gasteiger partial charge >= 0.3 is 12.1 Å². The molecule has 1 fully saturated rings. The summed E-state index contributed by atoms with van der Waals surface area (Å²) in [5.41, 5.74) is 1.85. The molecule has 0 atom stereocenters. The van der Waals surface area contributed by atoms with Crippen molar-refractivity contribution in [1.29, 1.82) is 5.41 Å². The number of halogens is 4. The summed E-state index contributed by atoms with van der Waals surface area (Å²) >= 11 is 5.95. The number of rotatable bonds is 8. The molecular formula is C25H31ClF3N3O3. The Labute approximate surface area is 208 Å². The molecule has 0 unspecified atom stereocenters. The van der Waals surface area contributed by atoms with E-state index < -0.39 is 17.7 Å². The number of alkyl halides is 3. The summed E-state index contributed by atoms with van der Waals surface area (Å²) in [6.45, 7) is 2.14. The minimum atomic E-state index is -4.34. The van der Waals surface area contributed by atoms with E-state index in [-0.39, 0.29) is 18.9 Å². The highest BCUT2D eigenvalue weighted by Crippen LogP contribution is 2.41. The molecule has 192 valence electrons. The van der Waals surface area contributed by atoms with Gasteiger partial charge in [0, 0.05) is 18.7 Å².